The molecule has 1 heterocycles. The molecule has 1 fully saturated rings. The average molecular weight is 218 g/mol. The van der Waals surface area contributed by atoms with Crippen molar-refractivity contribution in [1.82, 2.24) is 4.90 Å². The Morgan fingerprint density at radius 2 is 2.00 bits per heavy atom. The number of carboxylic acid groups (broad SMARTS) is 1. The third-order valence-electron chi connectivity index (χ3n) is 3.24. The number of hydrogen-bond acceptors (Lipinski definition) is 3. The standard InChI is InChI=1S/C12H13NO3/c1-13-10(14)7-8-12(13,11(15)16)9-5-3-2-4-6-9/h2-6H,7-8H2,1H3,(H,15,16)/p-1/t12-/m1/s1. The predicted molar refractivity (Wildman–Crippen MR) is 55.1 cm³/mol. The molecule has 0 radical (unpaired) electrons. The Kier molecular flexibility index (Phi) is 2.42. The van der Waals surface area contributed by atoms with E-state index in [4.69, 9.17) is 0 Å². The van der Waals surface area contributed by atoms with Crippen molar-refractivity contribution in [3.8, 4) is 0 Å². The van der Waals surface area contributed by atoms with Crippen LogP contribution in [-0.2, 0) is 15.1 Å². The summed E-state index contributed by atoms with van der Waals surface area (Å²) in [6.07, 6.45) is 0.522. The Morgan fingerprint density at radius 3 is 2.44 bits per heavy atom. The Labute approximate surface area is 93.5 Å². The number of hydrogen-bond donors (Lipinski definition) is 0. The van der Waals surface area contributed by atoms with Gasteiger partial charge in [-0.2, -0.15) is 0 Å². The zero-order valence-electron chi connectivity index (χ0n) is 8.97. The molecule has 0 aliphatic carbocycles. The molecule has 0 aromatic heterocycles. The van der Waals surface area contributed by atoms with E-state index in [1.807, 2.05) is 6.07 Å². The van der Waals surface area contributed by atoms with Gasteiger partial charge >= 0.3 is 0 Å². The van der Waals surface area contributed by atoms with Crippen LogP contribution in [0.3, 0.4) is 0 Å². The largest absolute Gasteiger partial charge is 0.547 e. The Morgan fingerprint density at radius 1 is 1.38 bits per heavy atom. The fourth-order valence-electron chi connectivity index (χ4n) is 2.24. The van der Waals surface area contributed by atoms with E-state index in [0.717, 1.165) is 0 Å². The van der Waals surface area contributed by atoms with E-state index < -0.39 is 11.5 Å². The number of amides is 1. The SMILES string of the molecule is CN1C(=O)CC[C@]1(C(=O)[O-])c1ccccc1. The molecule has 4 heteroatoms. The van der Waals surface area contributed by atoms with E-state index in [1.54, 1.807) is 24.3 Å². The number of rotatable bonds is 2. The zero-order valence-corrected chi connectivity index (χ0v) is 8.97. The van der Waals surface area contributed by atoms with Crippen LogP contribution in [0.1, 0.15) is 18.4 Å². The first-order valence-electron chi connectivity index (χ1n) is 5.12. The van der Waals surface area contributed by atoms with Crippen LogP contribution in [0, 0.1) is 0 Å². The van der Waals surface area contributed by atoms with Gasteiger partial charge in [0.15, 0.2) is 0 Å². The molecular weight excluding hydrogens is 206 g/mol. The summed E-state index contributed by atoms with van der Waals surface area (Å²) in [4.78, 5) is 24.2. The average Bonchev–Trinajstić information content (AvgIpc) is 2.59. The van der Waals surface area contributed by atoms with Crippen molar-refractivity contribution in [1.29, 1.82) is 0 Å². The minimum atomic E-state index is -1.29. The summed E-state index contributed by atoms with van der Waals surface area (Å²) in [5.74, 6) is -1.37. The van der Waals surface area contributed by atoms with Gasteiger partial charge in [-0.1, -0.05) is 30.3 Å². The zero-order chi connectivity index (χ0) is 11.8. The lowest BCUT2D eigenvalue weighted by atomic mass is 9.87. The first-order valence-corrected chi connectivity index (χ1v) is 5.12. The maximum atomic E-state index is 11.5. The summed E-state index contributed by atoms with van der Waals surface area (Å²) < 4.78 is 0. The van der Waals surface area contributed by atoms with Gasteiger partial charge in [-0.15, -0.1) is 0 Å². The summed E-state index contributed by atoms with van der Waals surface area (Å²) in [5, 5.41) is 11.4. The molecule has 1 saturated heterocycles. The topological polar surface area (TPSA) is 60.4 Å². The van der Waals surface area contributed by atoms with Crippen molar-refractivity contribution in [3.63, 3.8) is 0 Å². The highest BCUT2D eigenvalue weighted by molar-refractivity contribution is 5.90. The Balaban J connectivity index is 2.54. The van der Waals surface area contributed by atoms with Crippen LogP contribution in [0.15, 0.2) is 30.3 Å². The molecule has 1 aromatic rings. The van der Waals surface area contributed by atoms with Gasteiger partial charge in [-0.05, 0) is 12.0 Å². The lowest BCUT2D eigenvalue weighted by Crippen LogP contribution is -2.53. The van der Waals surface area contributed by atoms with Crippen molar-refractivity contribution < 1.29 is 14.7 Å². The fraction of sp³-hybridized carbons (Fsp3) is 0.333. The number of nitrogens with zero attached hydrogens (tertiary/aromatic N) is 1. The fourth-order valence-corrected chi connectivity index (χ4v) is 2.24. The molecule has 84 valence electrons. The number of likely N-dealkylation sites (tertiary alicyclic amines) is 1. The number of aliphatic carboxylic acids is 1. The summed E-state index contributed by atoms with van der Waals surface area (Å²) in [6.45, 7) is 0. The Bertz CT molecular complexity index is 429. The lowest BCUT2D eigenvalue weighted by Gasteiger charge is -2.37. The summed E-state index contributed by atoms with van der Waals surface area (Å²) in [6, 6.07) is 8.76. The van der Waals surface area contributed by atoms with Gasteiger partial charge < -0.3 is 14.8 Å². The van der Waals surface area contributed by atoms with Crippen LogP contribution in [0.5, 0.6) is 0 Å². The molecule has 1 atom stereocenters. The van der Waals surface area contributed by atoms with Crippen molar-refractivity contribution in [3.05, 3.63) is 35.9 Å². The third kappa shape index (κ3) is 1.30. The van der Waals surface area contributed by atoms with Crippen LogP contribution in [0.4, 0.5) is 0 Å². The van der Waals surface area contributed by atoms with Crippen LogP contribution in [0.25, 0.3) is 0 Å². The van der Waals surface area contributed by atoms with Gasteiger partial charge in [0.25, 0.3) is 0 Å². The minimum absolute atomic E-state index is 0.159. The molecule has 1 aliphatic rings. The van der Waals surface area contributed by atoms with Crippen LogP contribution in [-0.4, -0.2) is 23.8 Å². The molecule has 0 N–H and O–H groups in total. The quantitative estimate of drug-likeness (QED) is 0.695. The molecule has 2 rings (SSSR count). The van der Waals surface area contributed by atoms with Crippen molar-refractivity contribution in [2.45, 2.75) is 18.4 Å². The highest BCUT2D eigenvalue weighted by atomic mass is 16.4. The van der Waals surface area contributed by atoms with Crippen LogP contribution >= 0.6 is 0 Å². The van der Waals surface area contributed by atoms with Crippen molar-refractivity contribution in [2.24, 2.45) is 0 Å². The maximum absolute atomic E-state index is 11.5. The molecular formula is C12H12NO3-. The molecule has 0 spiro atoms. The highest BCUT2D eigenvalue weighted by Crippen LogP contribution is 2.37. The van der Waals surface area contributed by atoms with Gasteiger partial charge in [0.05, 0.1) is 5.97 Å². The van der Waals surface area contributed by atoms with Gasteiger partial charge in [0, 0.05) is 13.5 Å². The predicted octanol–water partition coefficient (Wildman–Crippen LogP) is -0.116. The second kappa shape index (κ2) is 3.63. The number of carbonyl (C=O) groups excluding carboxylic acids is 2. The molecule has 1 aliphatic heterocycles. The second-order valence-corrected chi connectivity index (χ2v) is 3.97. The van der Waals surface area contributed by atoms with E-state index in [9.17, 15) is 14.7 Å². The van der Waals surface area contributed by atoms with Crippen LogP contribution < -0.4 is 5.11 Å². The first kappa shape index (κ1) is 10.7. The minimum Gasteiger partial charge on any atom is -0.547 e. The first-order chi connectivity index (χ1) is 7.59. The van der Waals surface area contributed by atoms with Gasteiger partial charge in [0.1, 0.15) is 5.54 Å². The summed E-state index contributed by atoms with van der Waals surface area (Å²) in [5.41, 5.74) is -0.693. The normalized spacial score (nSPS) is 24.8. The van der Waals surface area contributed by atoms with Gasteiger partial charge in [-0.25, -0.2) is 0 Å². The molecule has 0 saturated carbocycles. The third-order valence-corrected chi connectivity index (χ3v) is 3.24. The second-order valence-electron chi connectivity index (χ2n) is 3.97. The molecule has 4 nitrogen and oxygen atoms in total. The molecule has 1 amide bonds. The monoisotopic (exact) mass is 218 g/mol. The van der Waals surface area contributed by atoms with Crippen molar-refractivity contribution in [2.75, 3.05) is 7.05 Å². The van der Waals surface area contributed by atoms with Crippen molar-refractivity contribution >= 4 is 11.9 Å². The summed E-state index contributed by atoms with van der Waals surface area (Å²) in [7, 11) is 1.51. The van der Waals surface area contributed by atoms with Crippen LogP contribution in [0.2, 0.25) is 0 Å². The van der Waals surface area contributed by atoms with Gasteiger partial charge in [-0.3, -0.25) is 4.79 Å². The highest BCUT2D eigenvalue weighted by Gasteiger charge is 2.45. The Hall–Kier alpha value is -1.84. The number of carboxylic acids is 1. The number of carbonyl (C=O) groups is 2. The van der Waals surface area contributed by atoms with E-state index in [0.29, 0.717) is 5.56 Å². The molecule has 1 aromatic carbocycles. The lowest BCUT2D eigenvalue weighted by molar-refractivity contribution is -0.318. The van der Waals surface area contributed by atoms with E-state index in [1.165, 1.54) is 11.9 Å². The molecule has 0 unspecified atom stereocenters. The molecule has 0 bridgehead atoms. The summed E-state index contributed by atoms with van der Waals surface area (Å²) >= 11 is 0. The maximum Gasteiger partial charge on any atom is 0.223 e. The number of likely N-dealkylation sites (N-methyl/N-ethyl adjacent to an activating group) is 1. The van der Waals surface area contributed by atoms with E-state index in [2.05, 4.69) is 0 Å². The van der Waals surface area contributed by atoms with E-state index in [-0.39, 0.29) is 18.7 Å². The molecule has 16 heavy (non-hydrogen) atoms. The van der Waals surface area contributed by atoms with Gasteiger partial charge in [0.2, 0.25) is 5.91 Å². The smallest absolute Gasteiger partial charge is 0.223 e. The van der Waals surface area contributed by atoms with E-state index >= 15 is 0 Å². The number of benzene rings is 1.